The maximum absolute atomic E-state index is 12.7. The lowest BCUT2D eigenvalue weighted by Crippen LogP contribution is -2.22. The Kier molecular flexibility index (Phi) is 4.86. The molecule has 3 aromatic rings. The second-order valence-electron chi connectivity index (χ2n) is 7.55. The van der Waals surface area contributed by atoms with E-state index in [-0.39, 0.29) is 17.9 Å². The van der Waals surface area contributed by atoms with Crippen LogP contribution in [0.1, 0.15) is 53.1 Å². The lowest BCUT2D eigenvalue weighted by Gasteiger charge is -2.12. The maximum Gasteiger partial charge on any atom is 0.251 e. The molecule has 0 bridgehead atoms. The summed E-state index contributed by atoms with van der Waals surface area (Å²) in [5.74, 6) is 0.809. The van der Waals surface area contributed by atoms with Gasteiger partial charge in [-0.25, -0.2) is 4.98 Å². The molecule has 6 heteroatoms. The molecule has 1 aliphatic heterocycles. The summed E-state index contributed by atoms with van der Waals surface area (Å²) in [6, 6.07) is 16.1. The first kappa shape index (κ1) is 18.2. The Hall–Kier alpha value is -3.15. The minimum atomic E-state index is -0.0689. The van der Waals surface area contributed by atoms with Gasteiger partial charge in [-0.3, -0.25) is 9.48 Å². The van der Waals surface area contributed by atoms with Gasteiger partial charge in [-0.05, 0) is 43.2 Å². The average Bonchev–Trinajstić information content (AvgIpc) is 3.32. The SMILES string of the molecule is CC(C)n1cnc([C@H]2CN(C)c3ccc(C(=O)NCc4ccccc4)cc32)n1. The van der Waals surface area contributed by atoms with Crippen LogP contribution in [0.15, 0.2) is 54.9 Å². The summed E-state index contributed by atoms with van der Waals surface area (Å²) in [4.78, 5) is 19.4. The smallest absolute Gasteiger partial charge is 0.251 e. The van der Waals surface area contributed by atoms with Crippen molar-refractivity contribution in [1.29, 1.82) is 0 Å². The third-order valence-corrected chi connectivity index (χ3v) is 5.20. The van der Waals surface area contributed by atoms with Crippen molar-refractivity contribution in [2.24, 2.45) is 0 Å². The number of amides is 1. The molecular formula is C22H25N5O. The minimum absolute atomic E-state index is 0.0689. The predicted octanol–water partition coefficient (Wildman–Crippen LogP) is 3.37. The van der Waals surface area contributed by atoms with Gasteiger partial charge in [0.1, 0.15) is 6.33 Å². The first-order chi connectivity index (χ1) is 13.5. The summed E-state index contributed by atoms with van der Waals surface area (Å²) in [7, 11) is 2.06. The van der Waals surface area contributed by atoms with Gasteiger partial charge in [-0.15, -0.1) is 0 Å². The van der Waals surface area contributed by atoms with Crippen molar-refractivity contribution in [3.63, 3.8) is 0 Å². The van der Waals surface area contributed by atoms with Gasteiger partial charge < -0.3 is 10.2 Å². The standard InChI is InChI=1S/C22H25N5O/c1-15(2)27-14-24-21(25-27)19-13-26(3)20-10-9-17(11-18(19)20)22(28)23-12-16-7-5-4-6-8-16/h4-11,14-15,19H,12-13H2,1-3H3,(H,23,28)/t19-/m0/s1. The highest BCUT2D eigenvalue weighted by molar-refractivity contribution is 5.95. The monoisotopic (exact) mass is 375 g/mol. The van der Waals surface area contributed by atoms with Crippen molar-refractivity contribution in [2.45, 2.75) is 32.4 Å². The number of carbonyl (C=O) groups is 1. The molecule has 6 nitrogen and oxygen atoms in total. The Morgan fingerprint density at radius 3 is 2.71 bits per heavy atom. The number of aromatic nitrogens is 3. The molecule has 1 aromatic heterocycles. The third-order valence-electron chi connectivity index (χ3n) is 5.20. The van der Waals surface area contributed by atoms with Crippen molar-refractivity contribution in [1.82, 2.24) is 20.1 Å². The zero-order valence-electron chi connectivity index (χ0n) is 16.5. The summed E-state index contributed by atoms with van der Waals surface area (Å²) in [5, 5.41) is 7.66. The Bertz CT molecular complexity index is 980. The first-order valence-electron chi connectivity index (χ1n) is 9.61. The molecule has 1 aliphatic rings. The van der Waals surface area contributed by atoms with Crippen LogP contribution in [-0.2, 0) is 6.54 Å². The summed E-state index contributed by atoms with van der Waals surface area (Å²) in [6.07, 6.45) is 1.79. The maximum atomic E-state index is 12.7. The van der Waals surface area contributed by atoms with Crippen molar-refractivity contribution < 1.29 is 4.79 Å². The fourth-order valence-electron chi connectivity index (χ4n) is 3.59. The minimum Gasteiger partial charge on any atom is -0.373 e. The molecule has 1 N–H and O–H groups in total. The van der Waals surface area contributed by atoms with E-state index in [4.69, 9.17) is 0 Å². The third kappa shape index (κ3) is 3.50. The first-order valence-corrected chi connectivity index (χ1v) is 9.61. The van der Waals surface area contributed by atoms with Gasteiger partial charge in [0.25, 0.3) is 5.91 Å². The van der Waals surface area contributed by atoms with Gasteiger partial charge in [-0.2, -0.15) is 5.10 Å². The summed E-state index contributed by atoms with van der Waals surface area (Å²) in [6.45, 7) is 5.50. The zero-order valence-corrected chi connectivity index (χ0v) is 16.5. The van der Waals surface area contributed by atoms with Crippen molar-refractivity contribution in [2.75, 3.05) is 18.5 Å². The molecule has 2 heterocycles. The molecule has 28 heavy (non-hydrogen) atoms. The van der Waals surface area contributed by atoms with Crippen molar-refractivity contribution in [3.8, 4) is 0 Å². The molecular weight excluding hydrogens is 350 g/mol. The van der Waals surface area contributed by atoms with Gasteiger partial charge in [-0.1, -0.05) is 30.3 Å². The Balaban J connectivity index is 1.56. The summed E-state index contributed by atoms with van der Waals surface area (Å²) >= 11 is 0. The van der Waals surface area contributed by atoms with Gasteiger partial charge in [0.15, 0.2) is 5.82 Å². The Labute approximate surface area is 165 Å². The summed E-state index contributed by atoms with van der Waals surface area (Å²) < 4.78 is 1.88. The molecule has 4 rings (SSSR count). The van der Waals surface area contributed by atoms with Crippen LogP contribution in [0.4, 0.5) is 5.69 Å². The van der Waals surface area contributed by atoms with Crippen LogP contribution < -0.4 is 10.2 Å². The van der Waals surface area contributed by atoms with E-state index in [0.717, 1.165) is 29.2 Å². The number of hydrogen-bond donors (Lipinski definition) is 1. The quantitative estimate of drug-likeness (QED) is 0.743. The molecule has 0 fully saturated rings. The van der Waals surface area contributed by atoms with Crippen LogP contribution in [-0.4, -0.2) is 34.3 Å². The number of benzene rings is 2. The largest absolute Gasteiger partial charge is 0.373 e. The lowest BCUT2D eigenvalue weighted by molar-refractivity contribution is 0.0951. The predicted molar refractivity (Wildman–Crippen MR) is 110 cm³/mol. The average molecular weight is 375 g/mol. The number of fused-ring (bicyclic) bond motifs is 1. The molecule has 0 unspecified atom stereocenters. The van der Waals surface area contributed by atoms with E-state index < -0.39 is 0 Å². The summed E-state index contributed by atoms with van der Waals surface area (Å²) in [5.41, 5.74) is 3.98. The van der Waals surface area contributed by atoms with Crippen molar-refractivity contribution >= 4 is 11.6 Å². The highest BCUT2D eigenvalue weighted by Crippen LogP contribution is 2.38. The molecule has 0 saturated heterocycles. The number of likely N-dealkylation sites (N-methyl/N-ethyl adjacent to an activating group) is 1. The molecule has 0 aliphatic carbocycles. The van der Waals surface area contributed by atoms with Gasteiger partial charge >= 0.3 is 0 Å². The number of nitrogens with zero attached hydrogens (tertiary/aromatic N) is 4. The number of anilines is 1. The number of hydrogen-bond acceptors (Lipinski definition) is 4. The van der Waals surface area contributed by atoms with E-state index in [9.17, 15) is 4.79 Å². The number of nitrogens with one attached hydrogen (secondary N) is 1. The van der Waals surface area contributed by atoms with E-state index in [1.165, 1.54) is 0 Å². The van der Waals surface area contributed by atoms with Gasteiger partial charge in [0.2, 0.25) is 0 Å². The lowest BCUT2D eigenvalue weighted by atomic mass is 9.98. The molecule has 2 aromatic carbocycles. The van der Waals surface area contributed by atoms with E-state index in [1.807, 2.05) is 53.2 Å². The fraction of sp³-hybridized carbons (Fsp3) is 0.318. The zero-order chi connectivity index (χ0) is 19.7. The second-order valence-corrected chi connectivity index (χ2v) is 7.55. The Morgan fingerprint density at radius 1 is 1.21 bits per heavy atom. The van der Waals surface area contributed by atoms with Crippen LogP contribution in [0, 0.1) is 0 Å². The van der Waals surface area contributed by atoms with E-state index in [2.05, 4.69) is 41.2 Å². The van der Waals surface area contributed by atoms with Crippen LogP contribution in [0.3, 0.4) is 0 Å². The van der Waals surface area contributed by atoms with Gasteiger partial charge in [0.05, 0.1) is 5.92 Å². The van der Waals surface area contributed by atoms with Crippen LogP contribution in [0.2, 0.25) is 0 Å². The molecule has 0 spiro atoms. The van der Waals surface area contributed by atoms with Gasteiger partial charge in [0, 0.05) is 37.4 Å². The molecule has 1 amide bonds. The number of carbonyl (C=O) groups excluding carboxylic acids is 1. The van der Waals surface area contributed by atoms with E-state index in [0.29, 0.717) is 12.1 Å². The molecule has 1 atom stereocenters. The van der Waals surface area contributed by atoms with Crippen LogP contribution in [0.5, 0.6) is 0 Å². The fourth-order valence-corrected chi connectivity index (χ4v) is 3.59. The normalized spacial score (nSPS) is 15.7. The molecule has 0 saturated carbocycles. The van der Waals surface area contributed by atoms with E-state index in [1.54, 1.807) is 6.33 Å². The van der Waals surface area contributed by atoms with Crippen molar-refractivity contribution in [3.05, 3.63) is 77.4 Å². The van der Waals surface area contributed by atoms with Crippen LogP contribution >= 0.6 is 0 Å². The molecule has 0 radical (unpaired) electrons. The highest BCUT2D eigenvalue weighted by atomic mass is 16.1. The topological polar surface area (TPSA) is 63.1 Å². The number of rotatable bonds is 5. The Morgan fingerprint density at radius 2 is 2.00 bits per heavy atom. The van der Waals surface area contributed by atoms with Crippen LogP contribution in [0.25, 0.3) is 0 Å². The second kappa shape index (κ2) is 7.46. The molecule has 144 valence electrons. The highest BCUT2D eigenvalue weighted by Gasteiger charge is 2.31. The van der Waals surface area contributed by atoms with E-state index >= 15 is 0 Å².